The highest BCUT2D eigenvalue weighted by Crippen LogP contribution is 2.20. The van der Waals surface area contributed by atoms with Gasteiger partial charge in [-0.2, -0.15) is 5.26 Å². The van der Waals surface area contributed by atoms with Gasteiger partial charge >= 0.3 is 0 Å². The second-order valence-electron chi connectivity index (χ2n) is 3.06. The van der Waals surface area contributed by atoms with E-state index in [4.69, 9.17) is 11.0 Å². The summed E-state index contributed by atoms with van der Waals surface area (Å²) in [6, 6.07) is 4.53. The molecule has 15 heavy (non-hydrogen) atoms. The van der Waals surface area contributed by atoms with Crippen molar-refractivity contribution < 1.29 is 8.42 Å². The monoisotopic (exact) mass is 245 g/mol. The molecule has 5 nitrogen and oxygen atoms in total. The van der Waals surface area contributed by atoms with Crippen LogP contribution in [0, 0.1) is 11.3 Å². The second kappa shape index (κ2) is 4.72. The van der Waals surface area contributed by atoms with E-state index >= 15 is 0 Å². The predicted molar refractivity (Wildman–Crippen MR) is 57.9 cm³/mol. The minimum absolute atomic E-state index is 0.139. The molecule has 0 aliphatic heterocycles. The fourth-order valence-electron chi connectivity index (χ4n) is 0.837. The summed E-state index contributed by atoms with van der Waals surface area (Å²) >= 11 is 0.939. The van der Waals surface area contributed by atoms with Gasteiger partial charge in [0.1, 0.15) is 15.2 Å². The average Bonchev–Trinajstić information content (AvgIpc) is 2.63. The minimum atomic E-state index is -3.51. The molecular weight excluding hydrogens is 234 g/mol. The van der Waals surface area contributed by atoms with Gasteiger partial charge in [-0.05, 0) is 19.1 Å². The van der Waals surface area contributed by atoms with Gasteiger partial charge in [0.15, 0.2) is 0 Å². The van der Waals surface area contributed by atoms with E-state index < -0.39 is 10.0 Å². The molecule has 0 aliphatic carbocycles. The summed E-state index contributed by atoms with van der Waals surface area (Å²) in [4.78, 5) is 0.371. The second-order valence-corrected chi connectivity index (χ2v) is 6.14. The molecule has 1 unspecified atom stereocenters. The van der Waals surface area contributed by atoms with Crippen molar-refractivity contribution in [2.45, 2.75) is 17.2 Å². The smallest absolute Gasteiger partial charge is 0.250 e. The summed E-state index contributed by atoms with van der Waals surface area (Å²) in [5.74, 6) is 0. The van der Waals surface area contributed by atoms with Crippen LogP contribution in [0.2, 0.25) is 0 Å². The van der Waals surface area contributed by atoms with Crippen molar-refractivity contribution in [2.75, 3.05) is 6.54 Å². The molecule has 0 amide bonds. The van der Waals surface area contributed by atoms with Crippen molar-refractivity contribution in [2.24, 2.45) is 5.73 Å². The van der Waals surface area contributed by atoms with Crippen LogP contribution in [-0.2, 0) is 10.0 Å². The normalized spacial score (nSPS) is 13.4. The van der Waals surface area contributed by atoms with E-state index in [1.807, 2.05) is 6.07 Å². The van der Waals surface area contributed by atoms with Gasteiger partial charge < -0.3 is 5.73 Å². The third kappa shape index (κ3) is 3.28. The van der Waals surface area contributed by atoms with Crippen LogP contribution < -0.4 is 10.5 Å². The average molecular weight is 245 g/mol. The molecule has 0 bridgehead atoms. The lowest BCUT2D eigenvalue weighted by Crippen LogP contribution is -2.34. The van der Waals surface area contributed by atoms with Crippen LogP contribution in [0.5, 0.6) is 0 Å². The Morgan fingerprint density at radius 2 is 2.33 bits per heavy atom. The minimum Gasteiger partial charge on any atom is -0.327 e. The van der Waals surface area contributed by atoms with Gasteiger partial charge in [0.05, 0.1) is 0 Å². The first kappa shape index (κ1) is 12.1. The Morgan fingerprint density at radius 1 is 1.67 bits per heavy atom. The third-order valence-corrected chi connectivity index (χ3v) is 4.46. The summed E-state index contributed by atoms with van der Waals surface area (Å²) in [5.41, 5.74) is 5.43. The fraction of sp³-hybridized carbons (Fsp3) is 0.375. The Kier molecular flexibility index (Phi) is 3.82. The molecular formula is C8H11N3O2S2. The molecule has 1 aromatic rings. The van der Waals surface area contributed by atoms with Crippen molar-refractivity contribution in [1.29, 1.82) is 5.26 Å². The molecule has 0 radical (unpaired) electrons. The molecule has 0 fully saturated rings. The van der Waals surface area contributed by atoms with Crippen molar-refractivity contribution in [3.63, 3.8) is 0 Å². The van der Waals surface area contributed by atoms with E-state index in [9.17, 15) is 8.42 Å². The molecule has 1 aromatic heterocycles. The van der Waals surface area contributed by atoms with Crippen LogP contribution >= 0.6 is 11.3 Å². The molecule has 3 N–H and O–H groups in total. The van der Waals surface area contributed by atoms with Gasteiger partial charge in [-0.15, -0.1) is 11.3 Å². The summed E-state index contributed by atoms with van der Waals surface area (Å²) < 4.78 is 25.7. The van der Waals surface area contributed by atoms with Crippen LogP contribution in [0.25, 0.3) is 0 Å². The molecule has 0 saturated carbocycles. The van der Waals surface area contributed by atoms with E-state index in [1.165, 1.54) is 12.1 Å². The Morgan fingerprint density at radius 3 is 2.80 bits per heavy atom. The van der Waals surface area contributed by atoms with E-state index in [0.29, 0.717) is 4.88 Å². The molecule has 7 heteroatoms. The first-order valence-electron chi connectivity index (χ1n) is 4.21. The predicted octanol–water partition coefficient (Wildman–Crippen LogP) is 0.245. The van der Waals surface area contributed by atoms with Gasteiger partial charge in [0.25, 0.3) is 0 Å². The van der Waals surface area contributed by atoms with Gasteiger partial charge in [0, 0.05) is 12.6 Å². The van der Waals surface area contributed by atoms with Crippen molar-refractivity contribution in [1.82, 2.24) is 4.72 Å². The Balaban J connectivity index is 2.83. The number of nitriles is 1. The lowest BCUT2D eigenvalue weighted by atomic mass is 10.4. The largest absolute Gasteiger partial charge is 0.327 e. The highest BCUT2D eigenvalue weighted by molar-refractivity contribution is 7.91. The number of sulfonamides is 1. The fourth-order valence-corrected chi connectivity index (χ4v) is 3.13. The maximum absolute atomic E-state index is 11.6. The third-order valence-electron chi connectivity index (χ3n) is 1.55. The lowest BCUT2D eigenvalue weighted by molar-refractivity contribution is 0.576. The Labute approximate surface area is 92.6 Å². The lowest BCUT2D eigenvalue weighted by Gasteiger charge is -2.06. The number of nitrogens with one attached hydrogen (secondary N) is 1. The van der Waals surface area contributed by atoms with Crippen LogP contribution in [-0.4, -0.2) is 21.0 Å². The number of nitrogens with two attached hydrogens (primary N) is 1. The number of hydrogen-bond acceptors (Lipinski definition) is 5. The maximum atomic E-state index is 11.6. The van der Waals surface area contributed by atoms with E-state index in [-0.39, 0.29) is 16.8 Å². The van der Waals surface area contributed by atoms with Gasteiger partial charge in [-0.25, -0.2) is 13.1 Å². The highest BCUT2D eigenvalue weighted by atomic mass is 32.2. The number of rotatable bonds is 4. The number of nitrogens with zero attached hydrogens (tertiary/aromatic N) is 1. The molecule has 0 saturated heterocycles. The first-order valence-corrected chi connectivity index (χ1v) is 6.51. The van der Waals surface area contributed by atoms with Gasteiger partial charge in [-0.3, -0.25) is 0 Å². The topological polar surface area (TPSA) is 96.0 Å². The molecule has 1 rings (SSSR count). The van der Waals surface area contributed by atoms with Crippen molar-refractivity contribution in [3.05, 3.63) is 17.0 Å². The standard InChI is InChI=1S/C8H11N3O2S2/c1-6(10)5-11-15(12,13)8-3-2-7(4-9)14-8/h2-3,6,11H,5,10H2,1H3. The molecule has 1 atom stereocenters. The molecule has 1 heterocycles. The van der Waals surface area contributed by atoms with Gasteiger partial charge in [0.2, 0.25) is 10.0 Å². The van der Waals surface area contributed by atoms with E-state index in [2.05, 4.69) is 4.72 Å². The first-order chi connectivity index (χ1) is 6.95. The zero-order chi connectivity index (χ0) is 11.5. The molecule has 82 valence electrons. The molecule has 0 aliphatic rings. The maximum Gasteiger partial charge on any atom is 0.250 e. The summed E-state index contributed by atoms with van der Waals surface area (Å²) in [6.45, 7) is 1.89. The Hall–Kier alpha value is -0.940. The SMILES string of the molecule is CC(N)CNS(=O)(=O)c1ccc(C#N)s1. The quantitative estimate of drug-likeness (QED) is 0.794. The molecule has 0 aromatic carbocycles. The number of hydrogen-bond donors (Lipinski definition) is 2. The van der Waals surface area contributed by atoms with Crippen LogP contribution in [0.1, 0.15) is 11.8 Å². The van der Waals surface area contributed by atoms with Crippen LogP contribution in [0.4, 0.5) is 0 Å². The Bertz CT molecular complexity index is 470. The summed E-state index contributed by atoms with van der Waals surface area (Å²) in [6.07, 6.45) is 0. The van der Waals surface area contributed by atoms with Crippen molar-refractivity contribution in [3.8, 4) is 6.07 Å². The summed E-state index contributed by atoms with van der Waals surface area (Å²) in [7, 11) is -3.51. The van der Waals surface area contributed by atoms with Crippen LogP contribution in [0.3, 0.4) is 0 Å². The zero-order valence-electron chi connectivity index (χ0n) is 8.10. The zero-order valence-corrected chi connectivity index (χ0v) is 9.73. The van der Waals surface area contributed by atoms with E-state index in [1.54, 1.807) is 6.92 Å². The van der Waals surface area contributed by atoms with Gasteiger partial charge in [-0.1, -0.05) is 0 Å². The number of thiophene rings is 1. The van der Waals surface area contributed by atoms with Crippen LogP contribution in [0.15, 0.2) is 16.3 Å². The van der Waals surface area contributed by atoms with E-state index in [0.717, 1.165) is 11.3 Å². The highest BCUT2D eigenvalue weighted by Gasteiger charge is 2.16. The molecule has 0 spiro atoms. The summed E-state index contributed by atoms with van der Waals surface area (Å²) in [5, 5.41) is 8.56. The van der Waals surface area contributed by atoms with Crippen molar-refractivity contribution >= 4 is 21.4 Å².